The van der Waals surface area contributed by atoms with Gasteiger partial charge in [-0.1, -0.05) is 0 Å². The molecule has 0 bridgehead atoms. The highest BCUT2D eigenvalue weighted by Gasteiger charge is 2.16. The van der Waals surface area contributed by atoms with Gasteiger partial charge in [0.2, 0.25) is 0 Å². The molecule has 0 aromatic heterocycles. The minimum Gasteiger partial charge on any atom is -0.496 e. The third-order valence-electron chi connectivity index (χ3n) is 2.27. The van der Waals surface area contributed by atoms with Gasteiger partial charge in [-0.05, 0) is 6.07 Å². The van der Waals surface area contributed by atoms with Crippen LogP contribution in [0.1, 0.15) is 11.7 Å². The maximum absolute atomic E-state index is 9.77. The normalized spacial score (nSPS) is 12.1. The van der Waals surface area contributed by atoms with E-state index in [1.807, 2.05) is 0 Å². The van der Waals surface area contributed by atoms with Crippen LogP contribution in [0.4, 0.5) is 0 Å². The Bertz CT molecular complexity index is 354. The zero-order valence-electron chi connectivity index (χ0n) is 9.56. The molecule has 0 spiro atoms. The second kappa shape index (κ2) is 5.86. The van der Waals surface area contributed by atoms with Crippen LogP contribution in [0.5, 0.6) is 17.2 Å². The van der Waals surface area contributed by atoms with E-state index in [2.05, 4.69) is 12.6 Å². The van der Waals surface area contributed by atoms with Gasteiger partial charge in [0.1, 0.15) is 5.75 Å². The summed E-state index contributed by atoms with van der Waals surface area (Å²) in [4.78, 5) is 0. The molecule has 1 atom stereocenters. The molecule has 0 aliphatic carbocycles. The smallest absolute Gasteiger partial charge is 0.164 e. The van der Waals surface area contributed by atoms with Crippen molar-refractivity contribution in [3.05, 3.63) is 17.7 Å². The summed E-state index contributed by atoms with van der Waals surface area (Å²) in [6.45, 7) is 0. The van der Waals surface area contributed by atoms with E-state index >= 15 is 0 Å². The van der Waals surface area contributed by atoms with Crippen molar-refractivity contribution >= 4 is 12.6 Å². The summed E-state index contributed by atoms with van der Waals surface area (Å²) in [7, 11) is 4.63. The average Bonchev–Trinajstić information content (AvgIpc) is 2.35. The van der Waals surface area contributed by atoms with Crippen LogP contribution >= 0.6 is 12.6 Å². The van der Waals surface area contributed by atoms with E-state index in [1.54, 1.807) is 26.4 Å². The Morgan fingerprint density at radius 1 is 1.06 bits per heavy atom. The van der Waals surface area contributed by atoms with Crippen LogP contribution < -0.4 is 14.2 Å². The van der Waals surface area contributed by atoms with Crippen molar-refractivity contribution in [1.29, 1.82) is 0 Å². The van der Waals surface area contributed by atoms with E-state index in [9.17, 15) is 5.11 Å². The van der Waals surface area contributed by atoms with Crippen LogP contribution in [0.2, 0.25) is 0 Å². The molecule has 90 valence electrons. The summed E-state index contributed by atoms with van der Waals surface area (Å²) >= 11 is 4.05. The Morgan fingerprint density at radius 2 is 1.56 bits per heavy atom. The van der Waals surface area contributed by atoms with Crippen molar-refractivity contribution in [2.45, 2.75) is 6.10 Å². The number of hydrogen-bond donors (Lipinski definition) is 2. The first-order valence-electron chi connectivity index (χ1n) is 4.76. The van der Waals surface area contributed by atoms with Crippen LogP contribution in [-0.4, -0.2) is 32.2 Å². The second-order valence-electron chi connectivity index (χ2n) is 3.15. The summed E-state index contributed by atoms with van der Waals surface area (Å²) < 4.78 is 15.5. The predicted molar refractivity (Wildman–Crippen MR) is 64.9 cm³/mol. The van der Waals surface area contributed by atoms with Crippen molar-refractivity contribution in [1.82, 2.24) is 0 Å². The van der Waals surface area contributed by atoms with Crippen molar-refractivity contribution in [2.24, 2.45) is 0 Å². The van der Waals surface area contributed by atoms with E-state index in [0.29, 0.717) is 28.6 Å². The fourth-order valence-corrected chi connectivity index (χ4v) is 1.61. The largest absolute Gasteiger partial charge is 0.496 e. The molecule has 0 aliphatic rings. The fraction of sp³-hybridized carbons (Fsp3) is 0.455. The highest BCUT2D eigenvalue weighted by atomic mass is 32.1. The number of benzene rings is 1. The van der Waals surface area contributed by atoms with E-state index in [-0.39, 0.29) is 0 Å². The standard InChI is InChI=1S/C11H16O4S/c1-13-9-5-11(15-3)10(14-2)4-7(9)8(12)6-16/h4-5,8,12,16H,6H2,1-3H3. The molecule has 1 aromatic rings. The molecule has 16 heavy (non-hydrogen) atoms. The molecular formula is C11H16O4S. The average molecular weight is 244 g/mol. The molecule has 0 radical (unpaired) electrons. The monoisotopic (exact) mass is 244 g/mol. The fourth-order valence-electron chi connectivity index (χ4n) is 1.41. The van der Waals surface area contributed by atoms with Crippen LogP contribution in [-0.2, 0) is 0 Å². The van der Waals surface area contributed by atoms with E-state index in [0.717, 1.165) is 0 Å². The Labute approximate surface area is 101 Å². The van der Waals surface area contributed by atoms with Gasteiger partial charge < -0.3 is 19.3 Å². The molecule has 0 saturated heterocycles. The lowest BCUT2D eigenvalue weighted by Crippen LogP contribution is -2.03. The minimum atomic E-state index is -0.696. The number of aliphatic hydroxyl groups is 1. The maximum Gasteiger partial charge on any atom is 0.164 e. The number of rotatable bonds is 5. The zero-order valence-corrected chi connectivity index (χ0v) is 10.5. The molecule has 0 fully saturated rings. The number of methoxy groups -OCH3 is 3. The van der Waals surface area contributed by atoms with Crippen LogP contribution in [0.15, 0.2) is 12.1 Å². The predicted octanol–water partition coefficient (Wildman–Crippen LogP) is 1.68. The molecule has 5 heteroatoms. The molecule has 0 saturated carbocycles. The molecule has 1 rings (SSSR count). The summed E-state index contributed by atoms with van der Waals surface area (Å²) in [6, 6.07) is 3.37. The van der Waals surface area contributed by atoms with Crippen molar-refractivity contribution in [3.8, 4) is 17.2 Å². The SMILES string of the molecule is COc1cc(OC)c(C(O)CS)cc1OC. The third kappa shape index (κ3) is 2.54. The van der Waals surface area contributed by atoms with E-state index in [4.69, 9.17) is 14.2 Å². The first kappa shape index (κ1) is 13.0. The third-order valence-corrected chi connectivity index (χ3v) is 2.61. The van der Waals surface area contributed by atoms with Gasteiger partial charge in [0.25, 0.3) is 0 Å². The Kier molecular flexibility index (Phi) is 4.76. The van der Waals surface area contributed by atoms with Crippen molar-refractivity contribution in [2.75, 3.05) is 27.1 Å². The summed E-state index contributed by atoms with van der Waals surface area (Å²) in [6.07, 6.45) is -0.696. The van der Waals surface area contributed by atoms with Gasteiger partial charge in [-0.25, -0.2) is 0 Å². The van der Waals surface area contributed by atoms with Gasteiger partial charge >= 0.3 is 0 Å². The maximum atomic E-state index is 9.77. The summed E-state index contributed by atoms with van der Waals surface area (Å²) in [5, 5.41) is 9.77. The topological polar surface area (TPSA) is 47.9 Å². The number of thiol groups is 1. The minimum absolute atomic E-state index is 0.311. The Hall–Kier alpha value is -1.07. The number of hydrogen-bond acceptors (Lipinski definition) is 5. The van der Waals surface area contributed by atoms with Crippen LogP contribution in [0.25, 0.3) is 0 Å². The summed E-state index contributed by atoms with van der Waals surface area (Å²) in [5.74, 6) is 1.99. The quantitative estimate of drug-likeness (QED) is 0.774. The Balaban J connectivity index is 3.25. The van der Waals surface area contributed by atoms with Crippen LogP contribution in [0, 0.1) is 0 Å². The highest BCUT2D eigenvalue weighted by molar-refractivity contribution is 7.80. The Morgan fingerprint density at radius 3 is 2.00 bits per heavy atom. The first-order chi connectivity index (χ1) is 7.67. The van der Waals surface area contributed by atoms with E-state index < -0.39 is 6.10 Å². The van der Waals surface area contributed by atoms with Gasteiger partial charge in [0, 0.05) is 17.4 Å². The molecule has 1 aromatic carbocycles. The second-order valence-corrected chi connectivity index (χ2v) is 3.51. The van der Waals surface area contributed by atoms with Crippen molar-refractivity contribution < 1.29 is 19.3 Å². The molecule has 4 nitrogen and oxygen atoms in total. The van der Waals surface area contributed by atoms with Gasteiger partial charge in [0.05, 0.1) is 27.4 Å². The molecule has 0 aliphatic heterocycles. The van der Waals surface area contributed by atoms with Gasteiger partial charge in [-0.3, -0.25) is 0 Å². The molecule has 0 heterocycles. The molecule has 1 N–H and O–H groups in total. The van der Waals surface area contributed by atoms with Gasteiger partial charge in [-0.15, -0.1) is 0 Å². The number of aliphatic hydroxyl groups excluding tert-OH is 1. The lowest BCUT2D eigenvalue weighted by Gasteiger charge is -2.16. The lowest BCUT2D eigenvalue weighted by molar-refractivity contribution is 0.198. The highest BCUT2D eigenvalue weighted by Crippen LogP contribution is 2.37. The summed E-state index contributed by atoms with van der Waals surface area (Å²) in [5.41, 5.74) is 0.634. The zero-order chi connectivity index (χ0) is 12.1. The molecule has 1 unspecified atom stereocenters. The van der Waals surface area contributed by atoms with Gasteiger partial charge in [-0.2, -0.15) is 12.6 Å². The molecule has 0 amide bonds. The molecular weight excluding hydrogens is 228 g/mol. The van der Waals surface area contributed by atoms with E-state index in [1.165, 1.54) is 7.11 Å². The van der Waals surface area contributed by atoms with Crippen molar-refractivity contribution in [3.63, 3.8) is 0 Å². The van der Waals surface area contributed by atoms with Gasteiger partial charge in [0.15, 0.2) is 11.5 Å². The number of ether oxygens (including phenoxy) is 3. The lowest BCUT2D eigenvalue weighted by atomic mass is 10.1. The van der Waals surface area contributed by atoms with Crippen LogP contribution in [0.3, 0.4) is 0 Å². The first-order valence-corrected chi connectivity index (χ1v) is 5.40.